The van der Waals surface area contributed by atoms with Crippen molar-refractivity contribution in [3.05, 3.63) is 35.8 Å². The van der Waals surface area contributed by atoms with Gasteiger partial charge in [0.05, 0.1) is 21.6 Å². The molecule has 1 aliphatic rings. The van der Waals surface area contributed by atoms with Crippen molar-refractivity contribution in [3.63, 3.8) is 0 Å². The Morgan fingerprint density at radius 2 is 1.95 bits per heavy atom. The first-order valence-electron chi connectivity index (χ1n) is 6.59. The number of hydrogen-bond acceptors (Lipinski definition) is 6. The Balaban J connectivity index is 1.69. The number of thiazole rings is 1. The van der Waals surface area contributed by atoms with E-state index in [2.05, 4.69) is 10.3 Å². The van der Waals surface area contributed by atoms with E-state index in [0.29, 0.717) is 18.9 Å². The van der Waals surface area contributed by atoms with Crippen LogP contribution in [0.1, 0.15) is 0 Å². The summed E-state index contributed by atoms with van der Waals surface area (Å²) in [6, 6.07) is 9.74. The van der Waals surface area contributed by atoms with Gasteiger partial charge in [-0.3, -0.25) is 0 Å². The molecule has 0 atom stereocenters. The first-order valence-corrected chi connectivity index (χ1v) is 7.47. The van der Waals surface area contributed by atoms with Gasteiger partial charge in [0, 0.05) is 11.8 Å². The lowest BCUT2D eigenvalue weighted by atomic mass is 10.2. The zero-order valence-corrected chi connectivity index (χ0v) is 11.9. The van der Waals surface area contributed by atoms with Crippen molar-refractivity contribution in [2.24, 2.45) is 0 Å². The zero-order chi connectivity index (χ0) is 14.2. The van der Waals surface area contributed by atoms with Gasteiger partial charge in [-0.1, -0.05) is 0 Å². The Morgan fingerprint density at radius 1 is 1.10 bits per heavy atom. The number of rotatable bonds is 2. The summed E-state index contributed by atoms with van der Waals surface area (Å²) in [5.41, 5.74) is 11.2. The molecule has 5 nitrogen and oxygen atoms in total. The summed E-state index contributed by atoms with van der Waals surface area (Å²) in [6.45, 7) is 1.16. The van der Waals surface area contributed by atoms with Gasteiger partial charge in [0.2, 0.25) is 0 Å². The van der Waals surface area contributed by atoms with Crippen molar-refractivity contribution in [1.82, 2.24) is 4.98 Å². The Morgan fingerprint density at radius 3 is 2.86 bits per heavy atom. The van der Waals surface area contributed by atoms with Crippen LogP contribution in [0.25, 0.3) is 10.2 Å². The minimum absolute atomic E-state index is 0.573. The molecule has 0 fully saturated rings. The van der Waals surface area contributed by atoms with E-state index in [1.165, 1.54) is 0 Å². The molecule has 2 heterocycles. The maximum absolute atomic E-state index is 6.17. The molecule has 4 rings (SSSR count). The lowest BCUT2D eigenvalue weighted by Gasteiger charge is -2.19. The SMILES string of the molecule is Nc1c(Nc2ccc3c(c2)OCCO3)ccc2scnc12. The number of ether oxygens (including phenoxy) is 2. The molecule has 1 aromatic heterocycles. The molecule has 106 valence electrons. The van der Waals surface area contributed by atoms with Crippen LogP contribution in [-0.4, -0.2) is 18.2 Å². The van der Waals surface area contributed by atoms with Crippen molar-refractivity contribution >= 4 is 38.6 Å². The van der Waals surface area contributed by atoms with Gasteiger partial charge in [-0.25, -0.2) is 4.98 Å². The van der Waals surface area contributed by atoms with Gasteiger partial charge in [-0.05, 0) is 24.3 Å². The largest absolute Gasteiger partial charge is 0.486 e. The van der Waals surface area contributed by atoms with Crippen LogP contribution in [-0.2, 0) is 0 Å². The second-order valence-electron chi connectivity index (χ2n) is 4.71. The van der Waals surface area contributed by atoms with Crippen molar-refractivity contribution < 1.29 is 9.47 Å². The first-order chi connectivity index (χ1) is 10.3. The van der Waals surface area contributed by atoms with Gasteiger partial charge in [0.25, 0.3) is 0 Å². The predicted octanol–water partition coefficient (Wildman–Crippen LogP) is 3.39. The third kappa shape index (κ3) is 2.13. The van der Waals surface area contributed by atoms with E-state index in [1.54, 1.807) is 16.8 Å². The van der Waals surface area contributed by atoms with Gasteiger partial charge in [-0.2, -0.15) is 0 Å². The highest BCUT2D eigenvalue weighted by Crippen LogP contribution is 2.36. The van der Waals surface area contributed by atoms with Crippen LogP contribution in [0.3, 0.4) is 0 Å². The van der Waals surface area contributed by atoms with E-state index in [4.69, 9.17) is 15.2 Å². The van der Waals surface area contributed by atoms with Crippen LogP contribution in [0.15, 0.2) is 35.8 Å². The lowest BCUT2D eigenvalue weighted by molar-refractivity contribution is 0.171. The number of fused-ring (bicyclic) bond motifs is 2. The van der Waals surface area contributed by atoms with Gasteiger partial charge in [0.1, 0.15) is 18.7 Å². The van der Waals surface area contributed by atoms with E-state index in [0.717, 1.165) is 33.1 Å². The lowest BCUT2D eigenvalue weighted by Crippen LogP contribution is -2.15. The van der Waals surface area contributed by atoms with Crippen LogP contribution >= 0.6 is 11.3 Å². The summed E-state index contributed by atoms with van der Waals surface area (Å²) in [4.78, 5) is 4.30. The fourth-order valence-electron chi connectivity index (χ4n) is 2.34. The molecule has 0 unspecified atom stereocenters. The normalized spacial score (nSPS) is 13.3. The molecule has 0 spiro atoms. The Labute approximate surface area is 125 Å². The van der Waals surface area contributed by atoms with Crippen LogP contribution in [0.2, 0.25) is 0 Å². The Hall–Kier alpha value is -2.47. The van der Waals surface area contributed by atoms with Crippen LogP contribution in [0.4, 0.5) is 17.1 Å². The number of benzene rings is 2. The molecule has 0 saturated carbocycles. The molecule has 6 heteroatoms. The van der Waals surface area contributed by atoms with E-state index in [1.807, 2.05) is 30.3 Å². The maximum atomic E-state index is 6.17. The molecule has 3 N–H and O–H groups in total. The van der Waals surface area contributed by atoms with Crippen LogP contribution in [0.5, 0.6) is 11.5 Å². The molecule has 21 heavy (non-hydrogen) atoms. The van der Waals surface area contributed by atoms with E-state index >= 15 is 0 Å². The maximum Gasteiger partial charge on any atom is 0.163 e. The second-order valence-corrected chi connectivity index (χ2v) is 5.60. The third-order valence-corrected chi connectivity index (χ3v) is 4.16. The molecule has 1 aliphatic heterocycles. The smallest absolute Gasteiger partial charge is 0.163 e. The molecule has 3 aromatic rings. The zero-order valence-electron chi connectivity index (χ0n) is 11.1. The molecule has 2 aromatic carbocycles. The second kappa shape index (κ2) is 4.82. The quantitative estimate of drug-likeness (QED) is 0.710. The molecular weight excluding hydrogens is 286 g/mol. The number of nitrogens with zero attached hydrogens (tertiary/aromatic N) is 1. The summed E-state index contributed by atoms with van der Waals surface area (Å²) in [6.07, 6.45) is 0. The minimum Gasteiger partial charge on any atom is -0.486 e. The molecule has 0 saturated heterocycles. The van der Waals surface area contributed by atoms with Crippen molar-refractivity contribution in [2.75, 3.05) is 24.3 Å². The number of nitrogen functional groups attached to an aromatic ring is 1. The first kappa shape index (κ1) is 12.3. The van der Waals surface area contributed by atoms with Gasteiger partial charge in [0.15, 0.2) is 11.5 Å². The van der Waals surface area contributed by atoms with Gasteiger partial charge in [-0.15, -0.1) is 11.3 Å². The topological polar surface area (TPSA) is 69.4 Å². The standard InChI is InChI=1S/C15H13N3O2S/c16-14-10(2-4-13-15(14)17-8-21-13)18-9-1-3-11-12(7-9)20-6-5-19-11/h1-4,7-8,18H,5-6,16H2. The molecular formula is C15H13N3O2S. The van der Waals surface area contributed by atoms with Crippen LogP contribution in [0, 0.1) is 0 Å². The monoisotopic (exact) mass is 299 g/mol. The average Bonchev–Trinajstić information content (AvgIpc) is 2.99. The minimum atomic E-state index is 0.573. The number of anilines is 3. The Bertz CT molecular complexity index is 816. The average molecular weight is 299 g/mol. The highest BCUT2D eigenvalue weighted by Gasteiger charge is 2.13. The van der Waals surface area contributed by atoms with E-state index < -0.39 is 0 Å². The summed E-state index contributed by atoms with van der Waals surface area (Å²) in [5.74, 6) is 1.52. The third-order valence-electron chi connectivity index (χ3n) is 3.36. The van der Waals surface area contributed by atoms with E-state index in [-0.39, 0.29) is 0 Å². The van der Waals surface area contributed by atoms with Gasteiger partial charge < -0.3 is 20.5 Å². The van der Waals surface area contributed by atoms with Gasteiger partial charge >= 0.3 is 0 Å². The summed E-state index contributed by atoms with van der Waals surface area (Å²) < 4.78 is 12.2. The van der Waals surface area contributed by atoms with Crippen LogP contribution < -0.4 is 20.5 Å². The van der Waals surface area contributed by atoms with Crippen molar-refractivity contribution in [2.45, 2.75) is 0 Å². The number of nitrogens with two attached hydrogens (primary N) is 1. The van der Waals surface area contributed by atoms with Crippen molar-refractivity contribution in [1.29, 1.82) is 0 Å². The summed E-state index contributed by atoms with van der Waals surface area (Å²) >= 11 is 1.58. The number of aromatic nitrogens is 1. The Kier molecular flexibility index (Phi) is 2.82. The number of hydrogen-bond donors (Lipinski definition) is 2. The van der Waals surface area contributed by atoms with Crippen molar-refractivity contribution in [3.8, 4) is 11.5 Å². The molecule has 0 amide bonds. The molecule has 0 bridgehead atoms. The summed E-state index contributed by atoms with van der Waals surface area (Å²) in [7, 11) is 0. The molecule has 0 radical (unpaired) electrons. The number of nitrogens with one attached hydrogen (secondary N) is 1. The summed E-state index contributed by atoms with van der Waals surface area (Å²) in [5, 5.41) is 3.31. The fraction of sp³-hybridized carbons (Fsp3) is 0.133. The fourth-order valence-corrected chi connectivity index (χ4v) is 3.03. The molecule has 0 aliphatic carbocycles. The van der Waals surface area contributed by atoms with E-state index in [9.17, 15) is 0 Å². The highest BCUT2D eigenvalue weighted by molar-refractivity contribution is 7.16. The predicted molar refractivity (Wildman–Crippen MR) is 84.7 cm³/mol. The highest BCUT2D eigenvalue weighted by atomic mass is 32.1.